The fraction of sp³-hybridized carbons (Fsp3) is 0.727. The third kappa shape index (κ3) is 1.82. The number of aromatic nitrogens is 2. The second-order valence-electron chi connectivity index (χ2n) is 4.21. The largest absolute Gasteiger partial charge is 0.334 e. The summed E-state index contributed by atoms with van der Waals surface area (Å²) in [7, 11) is 0. The van der Waals surface area contributed by atoms with Gasteiger partial charge in [-0.05, 0) is 32.2 Å². The van der Waals surface area contributed by atoms with E-state index in [1.807, 2.05) is 6.20 Å². The number of nitrogens with zero attached hydrogens (tertiary/aromatic N) is 2. The molecule has 2 atom stereocenters. The van der Waals surface area contributed by atoms with Crippen LogP contribution in [-0.2, 0) is 6.54 Å². The lowest BCUT2D eigenvalue weighted by Gasteiger charge is -2.28. The maximum absolute atomic E-state index is 4.45. The average Bonchev–Trinajstić information content (AvgIpc) is 2.65. The van der Waals surface area contributed by atoms with Crippen LogP contribution in [-0.4, -0.2) is 16.1 Å². The van der Waals surface area contributed by atoms with Gasteiger partial charge in [0.25, 0.3) is 0 Å². The van der Waals surface area contributed by atoms with Crippen LogP contribution >= 0.6 is 0 Å². The molecule has 0 bridgehead atoms. The first-order valence-corrected chi connectivity index (χ1v) is 5.55. The zero-order chi connectivity index (χ0) is 9.97. The molecule has 1 aromatic heterocycles. The predicted octanol–water partition coefficient (Wildman–Crippen LogP) is 1.96. The molecule has 78 valence electrons. The van der Waals surface area contributed by atoms with E-state index in [0.29, 0.717) is 6.04 Å². The van der Waals surface area contributed by atoms with Crippen LogP contribution < -0.4 is 5.32 Å². The molecule has 14 heavy (non-hydrogen) atoms. The Morgan fingerprint density at radius 1 is 1.64 bits per heavy atom. The first kappa shape index (κ1) is 9.71. The summed E-state index contributed by atoms with van der Waals surface area (Å²) in [5.41, 5.74) is 0. The molecule has 1 N–H and O–H groups in total. The molecule has 1 aliphatic rings. The Kier molecular flexibility index (Phi) is 2.87. The van der Waals surface area contributed by atoms with Gasteiger partial charge in [0, 0.05) is 18.9 Å². The van der Waals surface area contributed by atoms with Crippen LogP contribution in [0.4, 0.5) is 0 Å². The van der Waals surface area contributed by atoms with Crippen LogP contribution in [0.2, 0.25) is 0 Å². The van der Waals surface area contributed by atoms with Gasteiger partial charge < -0.3 is 9.88 Å². The fourth-order valence-corrected chi connectivity index (χ4v) is 2.20. The van der Waals surface area contributed by atoms with Crippen molar-refractivity contribution < 1.29 is 0 Å². The molecular weight excluding hydrogens is 174 g/mol. The van der Waals surface area contributed by atoms with Gasteiger partial charge in [-0.1, -0.05) is 6.92 Å². The SMILES string of the molecule is CCn1ccnc1C1CC(C)CCN1. The molecule has 0 spiro atoms. The second kappa shape index (κ2) is 4.13. The molecular formula is C11H19N3. The molecule has 2 rings (SSSR count). The molecule has 1 saturated heterocycles. The third-order valence-corrected chi connectivity index (χ3v) is 3.07. The minimum atomic E-state index is 0.466. The van der Waals surface area contributed by atoms with Crippen molar-refractivity contribution in [2.45, 2.75) is 39.3 Å². The van der Waals surface area contributed by atoms with E-state index in [0.717, 1.165) is 19.0 Å². The Hall–Kier alpha value is -0.830. The second-order valence-corrected chi connectivity index (χ2v) is 4.21. The molecule has 0 radical (unpaired) electrons. The zero-order valence-electron chi connectivity index (χ0n) is 9.03. The number of piperidine rings is 1. The number of imidazole rings is 1. The van der Waals surface area contributed by atoms with Crippen LogP contribution in [0, 0.1) is 5.92 Å². The molecule has 3 heteroatoms. The van der Waals surface area contributed by atoms with Gasteiger partial charge >= 0.3 is 0 Å². The maximum Gasteiger partial charge on any atom is 0.125 e. The normalized spacial score (nSPS) is 27.9. The highest BCUT2D eigenvalue weighted by Gasteiger charge is 2.22. The Balaban J connectivity index is 2.13. The summed E-state index contributed by atoms with van der Waals surface area (Å²) in [4.78, 5) is 4.45. The van der Waals surface area contributed by atoms with Crippen LogP contribution in [0.5, 0.6) is 0 Å². The van der Waals surface area contributed by atoms with Gasteiger partial charge in [-0.3, -0.25) is 0 Å². The molecule has 0 aliphatic carbocycles. The van der Waals surface area contributed by atoms with Gasteiger partial charge in [0.2, 0.25) is 0 Å². The zero-order valence-corrected chi connectivity index (χ0v) is 9.03. The summed E-state index contributed by atoms with van der Waals surface area (Å²) in [6.45, 7) is 6.63. The first-order valence-electron chi connectivity index (χ1n) is 5.55. The van der Waals surface area contributed by atoms with Gasteiger partial charge in [-0.15, -0.1) is 0 Å². The third-order valence-electron chi connectivity index (χ3n) is 3.07. The number of aryl methyl sites for hydroxylation is 1. The minimum Gasteiger partial charge on any atom is -0.334 e. The van der Waals surface area contributed by atoms with Crippen molar-refractivity contribution in [3.05, 3.63) is 18.2 Å². The van der Waals surface area contributed by atoms with Crippen molar-refractivity contribution >= 4 is 0 Å². The number of nitrogens with one attached hydrogen (secondary N) is 1. The van der Waals surface area contributed by atoms with E-state index < -0.39 is 0 Å². The molecule has 0 aromatic carbocycles. The number of rotatable bonds is 2. The molecule has 0 saturated carbocycles. The van der Waals surface area contributed by atoms with E-state index >= 15 is 0 Å². The summed E-state index contributed by atoms with van der Waals surface area (Å²) in [5, 5.41) is 3.54. The van der Waals surface area contributed by atoms with Crippen LogP contribution in [0.25, 0.3) is 0 Å². The van der Waals surface area contributed by atoms with E-state index in [-0.39, 0.29) is 0 Å². The number of hydrogen-bond donors (Lipinski definition) is 1. The quantitative estimate of drug-likeness (QED) is 0.778. The average molecular weight is 193 g/mol. The predicted molar refractivity (Wildman–Crippen MR) is 57.0 cm³/mol. The molecule has 1 aromatic rings. The van der Waals surface area contributed by atoms with Crippen LogP contribution in [0.1, 0.15) is 38.6 Å². The molecule has 1 fully saturated rings. The van der Waals surface area contributed by atoms with Crippen molar-refractivity contribution in [1.82, 2.24) is 14.9 Å². The van der Waals surface area contributed by atoms with E-state index in [1.165, 1.54) is 18.7 Å². The smallest absolute Gasteiger partial charge is 0.125 e. The Morgan fingerprint density at radius 2 is 2.50 bits per heavy atom. The van der Waals surface area contributed by atoms with Gasteiger partial charge in [0.1, 0.15) is 5.82 Å². The van der Waals surface area contributed by atoms with Crippen molar-refractivity contribution in [2.75, 3.05) is 6.54 Å². The standard InChI is InChI=1S/C11H19N3/c1-3-14-7-6-13-11(14)10-8-9(2)4-5-12-10/h6-7,9-10,12H,3-5,8H2,1-2H3. The molecule has 3 nitrogen and oxygen atoms in total. The summed E-state index contributed by atoms with van der Waals surface area (Å²) in [6.07, 6.45) is 6.48. The molecule has 2 unspecified atom stereocenters. The first-order chi connectivity index (χ1) is 6.81. The maximum atomic E-state index is 4.45. The van der Waals surface area contributed by atoms with Crippen molar-refractivity contribution in [2.24, 2.45) is 5.92 Å². The monoisotopic (exact) mass is 193 g/mol. The molecule has 2 heterocycles. The van der Waals surface area contributed by atoms with E-state index in [9.17, 15) is 0 Å². The van der Waals surface area contributed by atoms with E-state index in [1.54, 1.807) is 0 Å². The Morgan fingerprint density at radius 3 is 3.21 bits per heavy atom. The highest BCUT2D eigenvalue weighted by molar-refractivity contribution is 5.01. The van der Waals surface area contributed by atoms with Gasteiger partial charge in [-0.25, -0.2) is 4.98 Å². The summed E-state index contributed by atoms with van der Waals surface area (Å²) in [6, 6.07) is 0.466. The lowest BCUT2D eigenvalue weighted by molar-refractivity contribution is 0.310. The van der Waals surface area contributed by atoms with E-state index in [2.05, 4.69) is 34.9 Å². The van der Waals surface area contributed by atoms with Crippen molar-refractivity contribution in [1.29, 1.82) is 0 Å². The van der Waals surface area contributed by atoms with Crippen LogP contribution in [0.3, 0.4) is 0 Å². The number of hydrogen-bond acceptors (Lipinski definition) is 2. The van der Waals surface area contributed by atoms with Gasteiger partial charge in [0.05, 0.1) is 6.04 Å². The summed E-state index contributed by atoms with van der Waals surface area (Å²) in [5.74, 6) is 2.03. The van der Waals surface area contributed by atoms with Crippen molar-refractivity contribution in [3.8, 4) is 0 Å². The summed E-state index contributed by atoms with van der Waals surface area (Å²) < 4.78 is 2.23. The lowest BCUT2D eigenvalue weighted by Crippen LogP contribution is -2.32. The van der Waals surface area contributed by atoms with Gasteiger partial charge in [0.15, 0.2) is 0 Å². The lowest BCUT2D eigenvalue weighted by atomic mass is 9.94. The molecule has 1 aliphatic heterocycles. The molecule has 0 amide bonds. The van der Waals surface area contributed by atoms with Gasteiger partial charge in [-0.2, -0.15) is 0 Å². The fourth-order valence-electron chi connectivity index (χ4n) is 2.20. The van der Waals surface area contributed by atoms with Crippen molar-refractivity contribution in [3.63, 3.8) is 0 Å². The highest BCUT2D eigenvalue weighted by atomic mass is 15.1. The Labute approximate surface area is 85.5 Å². The van der Waals surface area contributed by atoms with E-state index in [4.69, 9.17) is 0 Å². The minimum absolute atomic E-state index is 0.466. The van der Waals surface area contributed by atoms with Crippen LogP contribution in [0.15, 0.2) is 12.4 Å². The Bertz CT molecular complexity index is 292. The topological polar surface area (TPSA) is 29.9 Å². The highest BCUT2D eigenvalue weighted by Crippen LogP contribution is 2.25. The summed E-state index contributed by atoms with van der Waals surface area (Å²) >= 11 is 0.